The van der Waals surface area contributed by atoms with Gasteiger partial charge in [-0.1, -0.05) is 6.07 Å². The Kier molecular flexibility index (Phi) is 3.49. The zero-order chi connectivity index (χ0) is 12.1. The van der Waals surface area contributed by atoms with E-state index in [1.807, 2.05) is 30.1 Å². The molecule has 5 nitrogen and oxygen atoms in total. The molecule has 0 fully saturated rings. The van der Waals surface area contributed by atoms with Crippen LogP contribution in [0, 0.1) is 0 Å². The minimum Gasteiger partial charge on any atom is -0.384 e. The van der Waals surface area contributed by atoms with E-state index >= 15 is 0 Å². The molecule has 0 aliphatic carbocycles. The lowest BCUT2D eigenvalue weighted by Gasteiger charge is -2.16. The molecule has 2 heterocycles. The van der Waals surface area contributed by atoms with E-state index in [2.05, 4.69) is 15.0 Å². The van der Waals surface area contributed by atoms with Crippen LogP contribution in [0.25, 0.3) is 0 Å². The number of nitrogen functional groups attached to an aromatic ring is 1. The number of nitrogens with zero attached hydrogens (tertiary/aromatic N) is 4. The lowest BCUT2D eigenvalue weighted by atomic mass is 10.2. The first kappa shape index (κ1) is 11.3. The third-order valence-electron chi connectivity index (χ3n) is 2.44. The van der Waals surface area contributed by atoms with E-state index < -0.39 is 0 Å². The summed E-state index contributed by atoms with van der Waals surface area (Å²) < 4.78 is 0. The highest BCUT2D eigenvalue weighted by molar-refractivity contribution is 5.36. The molecular formula is C12H15N5. The Morgan fingerprint density at radius 1 is 1.18 bits per heavy atom. The van der Waals surface area contributed by atoms with Crippen LogP contribution >= 0.6 is 0 Å². The lowest BCUT2D eigenvalue weighted by molar-refractivity contribution is 0.822. The molecule has 0 aliphatic rings. The number of hydrogen-bond donors (Lipinski definition) is 1. The molecule has 2 aromatic heterocycles. The van der Waals surface area contributed by atoms with Gasteiger partial charge in [0.2, 0.25) is 5.95 Å². The monoisotopic (exact) mass is 229 g/mol. The van der Waals surface area contributed by atoms with E-state index in [1.165, 1.54) is 0 Å². The summed E-state index contributed by atoms with van der Waals surface area (Å²) in [5.41, 5.74) is 6.67. The van der Waals surface area contributed by atoms with Crippen molar-refractivity contribution in [1.29, 1.82) is 0 Å². The Morgan fingerprint density at radius 3 is 2.76 bits per heavy atom. The normalized spacial score (nSPS) is 10.2. The third-order valence-corrected chi connectivity index (χ3v) is 2.44. The third kappa shape index (κ3) is 3.14. The van der Waals surface area contributed by atoms with Gasteiger partial charge in [0.05, 0.1) is 0 Å². The molecule has 0 aliphatic heterocycles. The van der Waals surface area contributed by atoms with Gasteiger partial charge in [0.25, 0.3) is 0 Å². The summed E-state index contributed by atoms with van der Waals surface area (Å²) in [6.07, 6.45) is 4.32. The average molecular weight is 229 g/mol. The van der Waals surface area contributed by atoms with Gasteiger partial charge in [0, 0.05) is 38.1 Å². The fraction of sp³-hybridized carbons (Fsp3) is 0.250. The SMILES string of the molecule is CN(CCc1ccccn1)c1nccc(N)n1. The molecule has 17 heavy (non-hydrogen) atoms. The summed E-state index contributed by atoms with van der Waals surface area (Å²) in [6, 6.07) is 7.58. The maximum Gasteiger partial charge on any atom is 0.226 e. The van der Waals surface area contributed by atoms with Gasteiger partial charge in [0.15, 0.2) is 0 Å². The molecular weight excluding hydrogens is 214 g/mol. The van der Waals surface area contributed by atoms with Gasteiger partial charge in [0.1, 0.15) is 5.82 Å². The van der Waals surface area contributed by atoms with Crippen molar-refractivity contribution in [3.8, 4) is 0 Å². The minimum atomic E-state index is 0.486. The molecule has 0 aromatic carbocycles. The Balaban J connectivity index is 1.96. The Hall–Kier alpha value is -2.17. The number of anilines is 2. The van der Waals surface area contributed by atoms with Crippen molar-refractivity contribution in [1.82, 2.24) is 15.0 Å². The van der Waals surface area contributed by atoms with Crippen LogP contribution in [0.2, 0.25) is 0 Å². The van der Waals surface area contributed by atoms with Crippen molar-refractivity contribution in [2.75, 3.05) is 24.2 Å². The molecule has 2 rings (SSSR count). The van der Waals surface area contributed by atoms with Gasteiger partial charge < -0.3 is 10.6 Å². The number of pyridine rings is 1. The van der Waals surface area contributed by atoms with E-state index in [4.69, 9.17) is 5.73 Å². The van der Waals surface area contributed by atoms with E-state index in [0.29, 0.717) is 11.8 Å². The topological polar surface area (TPSA) is 67.9 Å². The second kappa shape index (κ2) is 5.25. The van der Waals surface area contributed by atoms with Crippen LogP contribution in [-0.2, 0) is 6.42 Å². The Labute approximate surface area is 100 Å². The zero-order valence-corrected chi connectivity index (χ0v) is 9.74. The molecule has 88 valence electrons. The molecule has 0 radical (unpaired) electrons. The van der Waals surface area contributed by atoms with Crippen molar-refractivity contribution in [2.24, 2.45) is 0 Å². The lowest BCUT2D eigenvalue weighted by Crippen LogP contribution is -2.23. The second-order valence-electron chi connectivity index (χ2n) is 3.77. The summed E-state index contributed by atoms with van der Waals surface area (Å²) in [7, 11) is 1.94. The van der Waals surface area contributed by atoms with Gasteiger partial charge in [-0.15, -0.1) is 0 Å². The fourth-order valence-corrected chi connectivity index (χ4v) is 1.47. The number of hydrogen-bond acceptors (Lipinski definition) is 5. The molecule has 2 aromatic rings. The van der Waals surface area contributed by atoms with Crippen LogP contribution in [0.15, 0.2) is 36.7 Å². The van der Waals surface area contributed by atoms with Crippen LogP contribution in [-0.4, -0.2) is 28.5 Å². The standard InChI is InChI=1S/C12H15N5/c1-17(12-15-8-5-11(13)16-12)9-6-10-4-2-3-7-14-10/h2-5,7-8H,6,9H2,1H3,(H2,13,15,16). The summed E-state index contributed by atoms with van der Waals surface area (Å²) >= 11 is 0. The maximum absolute atomic E-state index is 5.61. The molecule has 0 bridgehead atoms. The molecule has 0 spiro atoms. The first-order valence-electron chi connectivity index (χ1n) is 5.45. The number of aromatic nitrogens is 3. The number of likely N-dealkylation sites (N-methyl/N-ethyl adjacent to an activating group) is 1. The fourth-order valence-electron chi connectivity index (χ4n) is 1.47. The summed E-state index contributed by atoms with van der Waals surface area (Å²) in [5.74, 6) is 1.13. The summed E-state index contributed by atoms with van der Waals surface area (Å²) in [4.78, 5) is 14.6. The van der Waals surface area contributed by atoms with E-state index in [0.717, 1.165) is 18.7 Å². The Bertz CT molecular complexity index is 471. The van der Waals surface area contributed by atoms with Crippen molar-refractivity contribution < 1.29 is 0 Å². The first-order valence-corrected chi connectivity index (χ1v) is 5.45. The highest BCUT2D eigenvalue weighted by Crippen LogP contribution is 2.07. The summed E-state index contributed by atoms with van der Waals surface area (Å²) in [6.45, 7) is 0.806. The largest absolute Gasteiger partial charge is 0.384 e. The van der Waals surface area contributed by atoms with Crippen LogP contribution < -0.4 is 10.6 Å². The molecule has 0 amide bonds. The number of rotatable bonds is 4. The zero-order valence-electron chi connectivity index (χ0n) is 9.74. The van der Waals surface area contributed by atoms with Gasteiger partial charge in [-0.05, 0) is 18.2 Å². The molecule has 0 saturated heterocycles. The van der Waals surface area contributed by atoms with Gasteiger partial charge >= 0.3 is 0 Å². The highest BCUT2D eigenvalue weighted by Gasteiger charge is 2.04. The predicted octanol–water partition coefficient (Wildman–Crippen LogP) is 1.13. The second-order valence-corrected chi connectivity index (χ2v) is 3.77. The first-order chi connectivity index (χ1) is 8.25. The van der Waals surface area contributed by atoms with E-state index in [-0.39, 0.29) is 0 Å². The van der Waals surface area contributed by atoms with Gasteiger partial charge in [-0.2, -0.15) is 4.98 Å². The molecule has 0 unspecified atom stereocenters. The average Bonchev–Trinajstić information content (AvgIpc) is 2.37. The quantitative estimate of drug-likeness (QED) is 0.851. The molecule has 0 atom stereocenters. The Morgan fingerprint density at radius 2 is 2.06 bits per heavy atom. The minimum absolute atomic E-state index is 0.486. The van der Waals surface area contributed by atoms with Crippen molar-refractivity contribution in [2.45, 2.75) is 6.42 Å². The van der Waals surface area contributed by atoms with Gasteiger partial charge in [-0.25, -0.2) is 4.98 Å². The summed E-state index contributed by atoms with van der Waals surface area (Å²) in [5, 5.41) is 0. The number of nitrogens with two attached hydrogens (primary N) is 1. The van der Waals surface area contributed by atoms with Crippen molar-refractivity contribution >= 4 is 11.8 Å². The highest BCUT2D eigenvalue weighted by atomic mass is 15.2. The van der Waals surface area contributed by atoms with Gasteiger partial charge in [-0.3, -0.25) is 4.98 Å². The maximum atomic E-state index is 5.61. The smallest absolute Gasteiger partial charge is 0.226 e. The molecule has 5 heteroatoms. The van der Waals surface area contributed by atoms with Crippen LogP contribution in [0.1, 0.15) is 5.69 Å². The molecule has 0 saturated carbocycles. The van der Waals surface area contributed by atoms with Crippen LogP contribution in [0.3, 0.4) is 0 Å². The predicted molar refractivity (Wildman–Crippen MR) is 67.7 cm³/mol. The van der Waals surface area contributed by atoms with E-state index in [1.54, 1.807) is 18.5 Å². The van der Waals surface area contributed by atoms with Crippen LogP contribution in [0.5, 0.6) is 0 Å². The van der Waals surface area contributed by atoms with E-state index in [9.17, 15) is 0 Å². The van der Waals surface area contributed by atoms with Crippen molar-refractivity contribution in [3.05, 3.63) is 42.4 Å². The van der Waals surface area contributed by atoms with Crippen molar-refractivity contribution in [3.63, 3.8) is 0 Å². The van der Waals surface area contributed by atoms with Crippen LogP contribution in [0.4, 0.5) is 11.8 Å². The molecule has 2 N–H and O–H groups in total.